The third-order valence-corrected chi connectivity index (χ3v) is 3.28. The topological polar surface area (TPSA) is 84.3 Å². The molecule has 0 saturated heterocycles. The molecule has 3 heterocycles. The quantitative estimate of drug-likeness (QED) is 0.758. The first-order chi connectivity index (χ1) is 9.70. The van der Waals surface area contributed by atoms with Gasteiger partial charge in [-0.2, -0.15) is 9.97 Å². The molecule has 0 spiro atoms. The summed E-state index contributed by atoms with van der Waals surface area (Å²) in [6, 6.07) is 0. The van der Waals surface area contributed by atoms with Gasteiger partial charge in [-0.1, -0.05) is 6.92 Å². The van der Waals surface area contributed by atoms with Crippen LogP contribution in [0.2, 0.25) is 0 Å². The zero-order chi connectivity index (χ0) is 14.1. The number of fused-ring (bicyclic) bond motifs is 1. The molecule has 0 radical (unpaired) electrons. The van der Waals surface area contributed by atoms with E-state index in [1.165, 1.54) is 0 Å². The van der Waals surface area contributed by atoms with Gasteiger partial charge in [-0.15, -0.1) is 0 Å². The second kappa shape index (κ2) is 4.92. The molecule has 0 saturated carbocycles. The molecule has 0 unspecified atom stereocenters. The van der Waals surface area contributed by atoms with Crippen molar-refractivity contribution in [2.75, 3.05) is 11.9 Å². The summed E-state index contributed by atoms with van der Waals surface area (Å²) in [6.45, 7) is 6.93. The minimum absolute atomic E-state index is 0.590. The number of imidazole rings is 2. The van der Waals surface area contributed by atoms with Crippen LogP contribution in [0, 0.1) is 13.8 Å². The van der Waals surface area contributed by atoms with Gasteiger partial charge in [0.2, 0.25) is 5.95 Å². The molecule has 7 heteroatoms. The number of H-pyrrole nitrogens is 1. The maximum absolute atomic E-state index is 4.58. The summed E-state index contributed by atoms with van der Waals surface area (Å²) < 4.78 is 1.95. The average molecular weight is 271 g/mol. The lowest BCUT2D eigenvalue weighted by Crippen LogP contribution is -2.08. The van der Waals surface area contributed by atoms with Crippen molar-refractivity contribution in [3.63, 3.8) is 0 Å². The van der Waals surface area contributed by atoms with Gasteiger partial charge in [-0.05, 0) is 20.3 Å². The Balaban J connectivity index is 2.17. The second-order valence-corrected chi connectivity index (χ2v) is 4.68. The molecular formula is C13H17N7. The van der Waals surface area contributed by atoms with Crippen molar-refractivity contribution in [2.45, 2.75) is 27.2 Å². The standard InChI is InChI=1S/C13H17N7/c1-4-5-14-13-18-11-10(15-6-16-11)12(19-13)20-7-17-8(2)9(20)3/h6-7H,4-5H2,1-3H3,(H2,14,15,16,18,19). The van der Waals surface area contributed by atoms with E-state index in [4.69, 9.17) is 0 Å². The highest BCUT2D eigenvalue weighted by Gasteiger charge is 2.14. The van der Waals surface area contributed by atoms with Gasteiger partial charge in [0.25, 0.3) is 0 Å². The number of rotatable bonds is 4. The van der Waals surface area contributed by atoms with Gasteiger partial charge in [-0.3, -0.25) is 4.57 Å². The molecule has 0 fully saturated rings. The SMILES string of the molecule is CCCNc1nc(-n2cnc(C)c2C)c2[nH]cnc2n1. The highest BCUT2D eigenvalue weighted by atomic mass is 15.2. The molecule has 104 valence electrons. The minimum Gasteiger partial charge on any atom is -0.354 e. The molecular weight excluding hydrogens is 254 g/mol. The Morgan fingerprint density at radius 1 is 1.25 bits per heavy atom. The highest BCUT2D eigenvalue weighted by molar-refractivity contribution is 5.79. The molecule has 2 N–H and O–H groups in total. The summed E-state index contributed by atoms with van der Waals surface area (Å²) in [5, 5.41) is 3.20. The molecule has 3 aromatic heterocycles. The van der Waals surface area contributed by atoms with Crippen molar-refractivity contribution < 1.29 is 0 Å². The van der Waals surface area contributed by atoms with Crippen LogP contribution in [0.5, 0.6) is 0 Å². The maximum atomic E-state index is 4.58. The lowest BCUT2D eigenvalue weighted by Gasteiger charge is -2.08. The Kier molecular flexibility index (Phi) is 3.09. The number of hydrogen-bond donors (Lipinski definition) is 2. The third-order valence-electron chi connectivity index (χ3n) is 3.28. The van der Waals surface area contributed by atoms with Crippen molar-refractivity contribution in [3.05, 3.63) is 24.0 Å². The van der Waals surface area contributed by atoms with Crippen LogP contribution in [0.25, 0.3) is 17.0 Å². The summed E-state index contributed by atoms with van der Waals surface area (Å²) in [6.07, 6.45) is 4.42. The van der Waals surface area contributed by atoms with Crippen molar-refractivity contribution in [1.29, 1.82) is 0 Å². The molecule has 20 heavy (non-hydrogen) atoms. The van der Waals surface area contributed by atoms with Crippen molar-refractivity contribution >= 4 is 17.1 Å². The summed E-state index contributed by atoms with van der Waals surface area (Å²) in [7, 11) is 0. The molecule has 0 aliphatic heterocycles. The number of nitrogens with zero attached hydrogens (tertiary/aromatic N) is 5. The van der Waals surface area contributed by atoms with E-state index in [1.807, 2.05) is 18.4 Å². The van der Waals surface area contributed by atoms with Crippen LogP contribution in [0.3, 0.4) is 0 Å². The van der Waals surface area contributed by atoms with Crippen molar-refractivity contribution in [2.24, 2.45) is 0 Å². The monoisotopic (exact) mass is 271 g/mol. The number of aromatic nitrogens is 6. The van der Waals surface area contributed by atoms with Crippen molar-refractivity contribution in [3.8, 4) is 5.82 Å². The fraction of sp³-hybridized carbons (Fsp3) is 0.385. The fourth-order valence-corrected chi connectivity index (χ4v) is 2.02. The first-order valence-electron chi connectivity index (χ1n) is 6.66. The van der Waals surface area contributed by atoms with Crippen LogP contribution in [-0.2, 0) is 0 Å². The molecule has 3 rings (SSSR count). The number of hydrogen-bond acceptors (Lipinski definition) is 5. The van der Waals surface area contributed by atoms with Crippen LogP contribution in [-0.4, -0.2) is 36.0 Å². The first-order valence-corrected chi connectivity index (χ1v) is 6.66. The van der Waals surface area contributed by atoms with Gasteiger partial charge in [0.1, 0.15) is 11.8 Å². The van der Waals surface area contributed by atoms with Crippen LogP contribution in [0.1, 0.15) is 24.7 Å². The Morgan fingerprint density at radius 2 is 2.10 bits per heavy atom. The predicted octanol–water partition coefficient (Wildman–Crippen LogP) is 1.98. The summed E-state index contributed by atoms with van der Waals surface area (Å²) in [5.74, 6) is 1.36. The van der Waals surface area contributed by atoms with Gasteiger partial charge < -0.3 is 10.3 Å². The van der Waals surface area contributed by atoms with Crippen LogP contribution >= 0.6 is 0 Å². The number of nitrogens with one attached hydrogen (secondary N) is 2. The highest BCUT2D eigenvalue weighted by Crippen LogP contribution is 2.20. The predicted molar refractivity (Wildman–Crippen MR) is 77.1 cm³/mol. The molecule has 0 aromatic carbocycles. The van der Waals surface area contributed by atoms with Gasteiger partial charge in [-0.25, -0.2) is 9.97 Å². The van der Waals surface area contributed by atoms with E-state index in [0.717, 1.165) is 35.7 Å². The average Bonchev–Trinajstić information content (AvgIpc) is 3.04. The van der Waals surface area contributed by atoms with E-state index < -0.39 is 0 Å². The molecule has 0 aliphatic rings. The molecule has 0 bridgehead atoms. The Hall–Kier alpha value is -2.44. The summed E-state index contributed by atoms with van der Waals surface area (Å²) in [5.41, 5.74) is 3.51. The van der Waals surface area contributed by atoms with E-state index in [1.54, 1.807) is 12.7 Å². The van der Waals surface area contributed by atoms with Gasteiger partial charge in [0.05, 0.1) is 12.0 Å². The van der Waals surface area contributed by atoms with Crippen molar-refractivity contribution in [1.82, 2.24) is 29.5 Å². The van der Waals surface area contributed by atoms with E-state index in [-0.39, 0.29) is 0 Å². The van der Waals surface area contributed by atoms with Gasteiger partial charge >= 0.3 is 0 Å². The Morgan fingerprint density at radius 3 is 2.80 bits per heavy atom. The summed E-state index contributed by atoms with van der Waals surface area (Å²) in [4.78, 5) is 20.6. The van der Waals surface area contributed by atoms with E-state index in [2.05, 4.69) is 37.2 Å². The first kappa shape index (κ1) is 12.6. The molecule has 0 amide bonds. The second-order valence-electron chi connectivity index (χ2n) is 4.68. The van der Waals surface area contributed by atoms with Gasteiger partial charge in [0.15, 0.2) is 11.5 Å². The lowest BCUT2D eigenvalue weighted by molar-refractivity contribution is 0.922. The Labute approximate surface area is 116 Å². The number of aromatic amines is 1. The zero-order valence-electron chi connectivity index (χ0n) is 11.8. The van der Waals surface area contributed by atoms with E-state index in [9.17, 15) is 0 Å². The van der Waals surface area contributed by atoms with Crippen LogP contribution in [0.15, 0.2) is 12.7 Å². The molecule has 3 aromatic rings. The molecule has 7 nitrogen and oxygen atoms in total. The molecule has 0 atom stereocenters. The Bertz CT molecular complexity index is 740. The van der Waals surface area contributed by atoms with Gasteiger partial charge in [0, 0.05) is 12.2 Å². The normalized spacial score (nSPS) is 11.2. The smallest absolute Gasteiger partial charge is 0.226 e. The maximum Gasteiger partial charge on any atom is 0.226 e. The lowest BCUT2D eigenvalue weighted by atomic mass is 10.3. The number of aryl methyl sites for hydroxylation is 1. The van der Waals surface area contributed by atoms with E-state index in [0.29, 0.717) is 11.6 Å². The molecule has 0 aliphatic carbocycles. The van der Waals surface area contributed by atoms with Crippen LogP contribution < -0.4 is 5.32 Å². The fourth-order valence-electron chi connectivity index (χ4n) is 2.02. The van der Waals surface area contributed by atoms with E-state index >= 15 is 0 Å². The number of anilines is 1. The van der Waals surface area contributed by atoms with Crippen LogP contribution in [0.4, 0.5) is 5.95 Å². The zero-order valence-corrected chi connectivity index (χ0v) is 11.8. The third kappa shape index (κ3) is 2.01. The minimum atomic E-state index is 0.590. The largest absolute Gasteiger partial charge is 0.354 e. The summed E-state index contributed by atoms with van der Waals surface area (Å²) >= 11 is 0.